The number of benzene rings is 1. The number of nitrogens with one attached hydrogen (secondary N) is 1. The maximum atomic E-state index is 12.2. The molecule has 1 unspecified atom stereocenters. The van der Waals surface area contributed by atoms with Crippen LogP contribution in [-0.2, 0) is 16.0 Å². The Morgan fingerprint density at radius 3 is 2.65 bits per heavy atom. The Morgan fingerprint density at radius 2 is 2.04 bits per heavy atom. The van der Waals surface area contributed by atoms with E-state index < -0.39 is 10.8 Å². The SMILES string of the molecule is O=C(CCC1C=CN(CCc2ccc([N+](=O)[O-])cc2)C1=O)NO. The fraction of sp³-hybridized carbons (Fsp3) is 0.333. The maximum Gasteiger partial charge on any atom is 0.269 e. The van der Waals surface area contributed by atoms with Gasteiger partial charge in [0.25, 0.3) is 5.69 Å². The summed E-state index contributed by atoms with van der Waals surface area (Å²) in [4.78, 5) is 34.8. The minimum atomic E-state index is -0.518. The normalized spacial score (nSPS) is 16.7. The standard InChI is InChI=1S/C15H17N3O5/c19-14(16-21)6-3-12-8-10-17(15(12)20)9-7-11-1-4-13(5-2-11)18(22)23/h1-2,4-5,8,10,12,21H,3,6-7,9H2,(H,16,19). The van der Waals surface area contributed by atoms with E-state index in [-0.39, 0.29) is 23.9 Å². The lowest BCUT2D eigenvalue weighted by atomic mass is 10.0. The molecular formula is C15H17N3O5. The molecule has 2 amide bonds. The molecular weight excluding hydrogens is 302 g/mol. The lowest BCUT2D eigenvalue weighted by molar-refractivity contribution is -0.384. The molecule has 2 rings (SSSR count). The molecule has 1 aliphatic heterocycles. The monoisotopic (exact) mass is 319 g/mol. The van der Waals surface area contributed by atoms with Crippen molar-refractivity contribution in [1.82, 2.24) is 10.4 Å². The summed E-state index contributed by atoms with van der Waals surface area (Å²) >= 11 is 0. The van der Waals surface area contributed by atoms with Gasteiger partial charge in [-0.05, 0) is 18.4 Å². The van der Waals surface area contributed by atoms with Gasteiger partial charge in [0, 0.05) is 31.3 Å². The van der Waals surface area contributed by atoms with Gasteiger partial charge in [0.15, 0.2) is 0 Å². The second-order valence-corrected chi connectivity index (χ2v) is 5.23. The van der Waals surface area contributed by atoms with Crippen LogP contribution in [0.3, 0.4) is 0 Å². The van der Waals surface area contributed by atoms with E-state index in [1.54, 1.807) is 29.3 Å². The van der Waals surface area contributed by atoms with Gasteiger partial charge in [0.1, 0.15) is 0 Å². The van der Waals surface area contributed by atoms with Crippen LogP contribution in [0.5, 0.6) is 0 Å². The van der Waals surface area contributed by atoms with Gasteiger partial charge in [-0.1, -0.05) is 18.2 Å². The molecule has 8 nitrogen and oxygen atoms in total. The quantitative estimate of drug-likeness (QED) is 0.448. The van der Waals surface area contributed by atoms with Crippen LogP contribution in [0.2, 0.25) is 0 Å². The summed E-state index contributed by atoms with van der Waals surface area (Å²) in [5.41, 5.74) is 2.48. The van der Waals surface area contributed by atoms with Crippen molar-refractivity contribution in [2.75, 3.05) is 6.54 Å². The number of non-ortho nitro benzene ring substituents is 1. The zero-order chi connectivity index (χ0) is 16.8. The van der Waals surface area contributed by atoms with E-state index >= 15 is 0 Å². The van der Waals surface area contributed by atoms with Crippen LogP contribution in [0.4, 0.5) is 5.69 Å². The van der Waals surface area contributed by atoms with Crippen LogP contribution in [-0.4, -0.2) is 33.4 Å². The molecule has 2 N–H and O–H groups in total. The molecule has 1 atom stereocenters. The van der Waals surface area contributed by atoms with E-state index in [0.717, 1.165) is 5.56 Å². The molecule has 1 heterocycles. The molecule has 0 aromatic heterocycles. The molecule has 1 aromatic rings. The van der Waals surface area contributed by atoms with Crippen molar-refractivity contribution in [2.45, 2.75) is 19.3 Å². The smallest absolute Gasteiger partial charge is 0.269 e. The summed E-state index contributed by atoms with van der Waals surface area (Å²) in [6.07, 6.45) is 4.43. The van der Waals surface area contributed by atoms with Gasteiger partial charge in [-0.15, -0.1) is 0 Å². The second kappa shape index (κ2) is 7.50. The molecule has 0 saturated carbocycles. The Balaban J connectivity index is 1.83. The third-order valence-corrected chi connectivity index (χ3v) is 3.69. The van der Waals surface area contributed by atoms with Gasteiger partial charge < -0.3 is 4.90 Å². The summed E-state index contributed by atoms with van der Waals surface area (Å²) in [5.74, 6) is -0.961. The lowest BCUT2D eigenvalue weighted by Gasteiger charge is -2.16. The Bertz CT molecular complexity index is 627. The average molecular weight is 319 g/mol. The molecule has 0 aliphatic carbocycles. The minimum Gasteiger partial charge on any atom is -0.319 e. The van der Waals surface area contributed by atoms with Crippen molar-refractivity contribution in [2.24, 2.45) is 5.92 Å². The second-order valence-electron chi connectivity index (χ2n) is 5.23. The average Bonchev–Trinajstić information content (AvgIpc) is 2.91. The first kappa shape index (κ1) is 16.6. The van der Waals surface area contributed by atoms with E-state index in [9.17, 15) is 19.7 Å². The fourth-order valence-electron chi connectivity index (χ4n) is 2.36. The lowest BCUT2D eigenvalue weighted by Crippen LogP contribution is -2.29. The van der Waals surface area contributed by atoms with Gasteiger partial charge in [-0.2, -0.15) is 0 Å². The van der Waals surface area contributed by atoms with Crippen LogP contribution < -0.4 is 5.48 Å². The van der Waals surface area contributed by atoms with Gasteiger partial charge in [0.2, 0.25) is 11.8 Å². The fourth-order valence-corrected chi connectivity index (χ4v) is 2.36. The van der Waals surface area contributed by atoms with Crippen LogP contribution in [0, 0.1) is 16.0 Å². The Labute approximate surface area is 132 Å². The molecule has 0 spiro atoms. The Hall–Kier alpha value is -2.74. The summed E-state index contributed by atoms with van der Waals surface area (Å²) < 4.78 is 0. The summed E-state index contributed by atoms with van der Waals surface area (Å²) in [6.45, 7) is 0.468. The number of nitro benzene ring substituents is 1. The molecule has 0 bridgehead atoms. The first-order valence-corrected chi connectivity index (χ1v) is 7.16. The maximum absolute atomic E-state index is 12.2. The highest BCUT2D eigenvalue weighted by atomic mass is 16.6. The topological polar surface area (TPSA) is 113 Å². The number of carbonyl (C=O) groups is 2. The first-order chi connectivity index (χ1) is 11.0. The molecule has 23 heavy (non-hydrogen) atoms. The van der Waals surface area contributed by atoms with Gasteiger partial charge in [-0.25, -0.2) is 5.48 Å². The number of nitro groups is 1. The number of amides is 2. The number of nitrogens with zero attached hydrogens (tertiary/aromatic N) is 2. The van der Waals surface area contributed by atoms with Crippen molar-refractivity contribution in [1.29, 1.82) is 0 Å². The van der Waals surface area contributed by atoms with Crippen LogP contribution in [0.25, 0.3) is 0 Å². The van der Waals surface area contributed by atoms with Crippen molar-refractivity contribution in [3.05, 3.63) is 52.2 Å². The molecule has 0 saturated heterocycles. The molecule has 8 heteroatoms. The highest BCUT2D eigenvalue weighted by molar-refractivity contribution is 5.85. The summed E-state index contributed by atoms with van der Waals surface area (Å²) in [7, 11) is 0. The van der Waals surface area contributed by atoms with Crippen molar-refractivity contribution in [3.63, 3.8) is 0 Å². The Kier molecular flexibility index (Phi) is 5.42. The molecule has 0 radical (unpaired) electrons. The zero-order valence-electron chi connectivity index (χ0n) is 12.3. The molecule has 1 aliphatic rings. The van der Waals surface area contributed by atoms with Crippen LogP contribution >= 0.6 is 0 Å². The Morgan fingerprint density at radius 1 is 1.35 bits per heavy atom. The largest absolute Gasteiger partial charge is 0.319 e. The van der Waals surface area contributed by atoms with E-state index in [0.29, 0.717) is 19.4 Å². The van der Waals surface area contributed by atoms with Crippen molar-refractivity contribution in [3.8, 4) is 0 Å². The highest BCUT2D eigenvalue weighted by Crippen LogP contribution is 2.20. The highest BCUT2D eigenvalue weighted by Gasteiger charge is 2.26. The third-order valence-electron chi connectivity index (χ3n) is 3.69. The summed E-state index contributed by atoms with van der Waals surface area (Å²) in [6, 6.07) is 6.22. The van der Waals surface area contributed by atoms with Crippen molar-refractivity contribution >= 4 is 17.5 Å². The number of hydrogen-bond donors (Lipinski definition) is 2. The van der Waals surface area contributed by atoms with E-state index in [4.69, 9.17) is 5.21 Å². The van der Waals surface area contributed by atoms with Crippen LogP contribution in [0.1, 0.15) is 18.4 Å². The number of rotatable bonds is 7. The van der Waals surface area contributed by atoms with Gasteiger partial charge in [-0.3, -0.25) is 24.9 Å². The number of hydrogen-bond acceptors (Lipinski definition) is 5. The predicted octanol–water partition coefficient (Wildman–Crippen LogP) is 1.40. The molecule has 122 valence electrons. The molecule has 1 aromatic carbocycles. The van der Waals surface area contributed by atoms with E-state index in [2.05, 4.69) is 0 Å². The van der Waals surface area contributed by atoms with E-state index in [1.165, 1.54) is 17.6 Å². The van der Waals surface area contributed by atoms with Gasteiger partial charge in [0.05, 0.1) is 10.8 Å². The van der Waals surface area contributed by atoms with Gasteiger partial charge >= 0.3 is 0 Å². The van der Waals surface area contributed by atoms with Crippen molar-refractivity contribution < 1.29 is 19.7 Å². The minimum absolute atomic E-state index is 0.0353. The van der Waals surface area contributed by atoms with E-state index in [1.807, 2.05) is 0 Å². The third kappa shape index (κ3) is 4.36. The number of hydroxylamine groups is 1. The predicted molar refractivity (Wildman–Crippen MR) is 80.3 cm³/mol. The van der Waals surface area contributed by atoms with Crippen LogP contribution in [0.15, 0.2) is 36.5 Å². The first-order valence-electron chi connectivity index (χ1n) is 7.16. The summed E-state index contributed by atoms with van der Waals surface area (Å²) in [5, 5.41) is 19.0. The molecule has 0 fully saturated rings. The zero-order valence-corrected chi connectivity index (χ0v) is 12.3. The number of carbonyl (C=O) groups excluding carboxylic acids is 2.